The quantitative estimate of drug-likeness (QED) is 0.0345. The van der Waals surface area contributed by atoms with Gasteiger partial charge in [-0.3, -0.25) is 14.0 Å². The summed E-state index contributed by atoms with van der Waals surface area (Å²) in [7, 11) is -3.27. The summed E-state index contributed by atoms with van der Waals surface area (Å²) in [5, 5.41) is 26.4. The van der Waals surface area contributed by atoms with E-state index in [1.54, 1.807) is 12.1 Å². The number of nitrogens with zero attached hydrogens (tertiary/aromatic N) is 4. The molecule has 1 aliphatic rings. The Balaban J connectivity index is 1.23. The molecule has 0 saturated carbocycles. The van der Waals surface area contributed by atoms with E-state index in [1.165, 1.54) is 94.7 Å². The number of aliphatic imine (C=N–C) groups is 1. The van der Waals surface area contributed by atoms with Crippen LogP contribution in [0.5, 0.6) is 0 Å². The minimum Gasteiger partial charge on any atom is -0.387 e. The number of fused-ring (bicyclic) bond motifs is 1. The van der Waals surface area contributed by atoms with E-state index >= 15 is 0 Å². The first-order chi connectivity index (χ1) is 26.2. The molecule has 1 aliphatic heterocycles. The Labute approximate surface area is 320 Å². The topological polar surface area (TPSA) is 192 Å². The van der Waals surface area contributed by atoms with Gasteiger partial charge in [0.15, 0.2) is 11.4 Å². The van der Waals surface area contributed by atoms with Crippen LogP contribution in [-0.2, 0) is 34.4 Å². The lowest BCUT2D eigenvalue weighted by Crippen LogP contribution is -2.48. The predicted molar refractivity (Wildman–Crippen MR) is 208 cm³/mol. The maximum absolute atomic E-state index is 13.2. The Morgan fingerprint density at radius 1 is 0.944 bits per heavy atom. The van der Waals surface area contributed by atoms with Gasteiger partial charge in [-0.25, -0.2) is 14.1 Å². The first-order valence-corrected chi connectivity index (χ1v) is 21.1. The number of anilines is 1. The molecule has 0 radical (unpaired) electrons. The van der Waals surface area contributed by atoms with E-state index in [9.17, 15) is 19.7 Å². The van der Waals surface area contributed by atoms with Gasteiger partial charge in [-0.2, -0.15) is 5.10 Å². The Kier molecular flexibility index (Phi) is 19.0. The van der Waals surface area contributed by atoms with Gasteiger partial charge in [0.05, 0.1) is 32.1 Å². The molecule has 0 spiro atoms. The smallest absolute Gasteiger partial charge is 0.387 e. The van der Waals surface area contributed by atoms with Crippen LogP contribution in [0.25, 0.3) is 5.52 Å². The number of benzene rings is 1. The van der Waals surface area contributed by atoms with Crippen molar-refractivity contribution in [3.05, 3.63) is 60.0 Å². The molecule has 6 atom stereocenters. The van der Waals surface area contributed by atoms with Crippen molar-refractivity contribution in [2.45, 2.75) is 133 Å². The summed E-state index contributed by atoms with van der Waals surface area (Å²) in [5.41, 5.74) is 6.03. The molecule has 0 amide bonds. The van der Waals surface area contributed by atoms with Crippen LogP contribution in [0.3, 0.4) is 0 Å². The number of hydrogen-bond donors (Lipinski definition) is 4. The number of nitrogen functional groups attached to an aromatic ring is 1. The van der Waals surface area contributed by atoms with Crippen LogP contribution >= 0.6 is 7.82 Å². The number of phosphoric ester groups is 1. The second-order valence-corrected chi connectivity index (χ2v) is 15.6. The lowest BCUT2D eigenvalue weighted by Gasteiger charge is -2.28. The summed E-state index contributed by atoms with van der Waals surface area (Å²) >= 11 is 0. The van der Waals surface area contributed by atoms with Crippen LogP contribution in [0, 0.1) is 0 Å². The maximum atomic E-state index is 13.2. The molecule has 1 fully saturated rings. The first kappa shape index (κ1) is 43.9. The SMILES string of the molecule is CCCCCCCCCCCCCCCCO[C@H](COCc1ccccc1)COP(=O)(O)OC[C@@]1(C=NC)O[C@@H](c2ccc3c(N)ncnn23)[C@H](O)[C@@H]1O. The van der Waals surface area contributed by atoms with E-state index < -0.39 is 44.4 Å². The monoisotopic (exact) mass is 775 g/mol. The van der Waals surface area contributed by atoms with Crippen LogP contribution in [0.4, 0.5) is 5.82 Å². The lowest BCUT2D eigenvalue weighted by atomic mass is 9.96. The molecule has 1 saturated heterocycles. The summed E-state index contributed by atoms with van der Waals surface area (Å²) in [5.74, 6) is 0.222. The van der Waals surface area contributed by atoms with E-state index in [-0.39, 0.29) is 19.0 Å². The van der Waals surface area contributed by atoms with E-state index in [0.29, 0.717) is 24.4 Å². The maximum Gasteiger partial charge on any atom is 0.472 e. The normalized spacial score (nSPS) is 22.0. The van der Waals surface area contributed by atoms with Gasteiger partial charge in [0, 0.05) is 19.9 Å². The molecule has 15 heteroatoms. The standard InChI is InChI=1S/C39H62N5O9P/c1-3-4-5-6-7-8-9-10-11-12-13-14-15-19-24-50-32(26-49-25-31-20-17-16-18-21-31)27-51-54(47,48)52-29-39(28-41-2)37(46)35(45)36(53-39)33-22-23-34-38(40)42-30-43-44(33)34/h16-18,20-23,28,30,32,35-37,45-46H,3-15,19,24-27,29H2,1-2H3,(H,47,48)(H2,40,42,43)/t32-,35+,36+,37+,39-/m1/s1. The number of unbranched alkanes of at least 4 members (excludes halogenated alkanes) is 13. The summed E-state index contributed by atoms with van der Waals surface area (Å²) in [6.45, 7) is 2.26. The molecule has 3 heterocycles. The summed E-state index contributed by atoms with van der Waals surface area (Å²) in [6.07, 6.45) is 15.3. The van der Waals surface area contributed by atoms with Crippen LogP contribution in [-0.4, -0.2) is 93.3 Å². The minimum absolute atomic E-state index is 0.134. The third-order valence-corrected chi connectivity index (χ3v) is 10.7. The van der Waals surface area contributed by atoms with Crippen molar-refractivity contribution in [2.24, 2.45) is 4.99 Å². The van der Waals surface area contributed by atoms with Gasteiger partial charge in [0.1, 0.15) is 36.3 Å². The van der Waals surface area contributed by atoms with Gasteiger partial charge in [0.25, 0.3) is 0 Å². The number of rotatable bonds is 28. The van der Waals surface area contributed by atoms with Gasteiger partial charge >= 0.3 is 7.82 Å². The van der Waals surface area contributed by atoms with E-state index in [0.717, 1.165) is 24.8 Å². The Morgan fingerprint density at radius 2 is 1.59 bits per heavy atom. The van der Waals surface area contributed by atoms with Gasteiger partial charge in [-0.15, -0.1) is 0 Å². The minimum atomic E-state index is -4.71. The van der Waals surface area contributed by atoms with E-state index in [1.807, 2.05) is 30.3 Å². The second-order valence-electron chi connectivity index (χ2n) is 14.1. The van der Waals surface area contributed by atoms with Crippen LogP contribution in [0.1, 0.15) is 114 Å². The zero-order valence-corrected chi connectivity index (χ0v) is 32.9. The van der Waals surface area contributed by atoms with E-state index in [2.05, 4.69) is 22.0 Å². The molecule has 5 N–H and O–H groups in total. The molecule has 2 aromatic heterocycles. The van der Waals surface area contributed by atoms with E-state index in [4.69, 9.17) is 29.0 Å². The number of phosphoric acid groups is 1. The largest absolute Gasteiger partial charge is 0.472 e. The molecule has 1 aromatic carbocycles. The van der Waals surface area contributed by atoms with Crippen molar-refractivity contribution in [3.8, 4) is 0 Å². The van der Waals surface area contributed by atoms with Crippen LogP contribution in [0.15, 0.2) is 53.8 Å². The predicted octanol–water partition coefficient (Wildman–Crippen LogP) is 6.76. The second kappa shape index (κ2) is 23.3. The molecule has 14 nitrogen and oxygen atoms in total. The number of nitrogens with two attached hydrogens (primary N) is 1. The van der Waals surface area contributed by atoms with Crippen LogP contribution < -0.4 is 5.73 Å². The molecule has 4 rings (SSSR count). The number of aliphatic hydroxyl groups is 2. The van der Waals surface area contributed by atoms with Gasteiger partial charge in [0.2, 0.25) is 0 Å². The molecular weight excluding hydrogens is 713 g/mol. The highest BCUT2D eigenvalue weighted by molar-refractivity contribution is 7.47. The number of aliphatic hydroxyl groups excluding tert-OH is 2. The van der Waals surface area contributed by atoms with Crippen molar-refractivity contribution in [2.75, 3.05) is 39.2 Å². The van der Waals surface area contributed by atoms with Crippen LogP contribution in [0.2, 0.25) is 0 Å². The lowest BCUT2D eigenvalue weighted by molar-refractivity contribution is -0.0694. The highest BCUT2D eigenvalue weighted by Crippen LogP contribution is 2.47. The first-order valence-electron chi connectivity index (χ1n) is 19.6. The van der Waals surface area contributed by atoms with Gasteiger partial charge in [-0.1, -0.05) is 121 Å². The summed E-state index contributed by atoms with van der Waals surface area (Å²) in [6, 6.07) is 13.0. The molecule has 54 heavy (non-hydrogen) atoms. The fourth-order valence-corrected chi connectivity index (χ4v) is 7.50. The molecule has 0 aliphatic carbocycles. The van der Waals surface area contributed by atoms with Crippen molar-refractivity contribution in [1.29, 1.82) is 0 Å². The highest BCUT2D eigenvalue weighted by Gasteiger charge is 2.55. The third kappa shape index (κ3) is 13.8. The molecule has 1 unspecified atom stereocenters. The highest BCUT2D eigenvalue weighted by atomic mass is 31.2. The fraction of sp³-hybridized carbons (Fsp3) is 0.667. The number of ether oxygens (including phenoxy) is 3. The Hall–Kier alpha value is -2.78. The summed E-state index contributed by atoms with van der Waals surface area (Å²) in [4.78, 5) is 18.7. The number of hydrogen-bond acceptors (Lipinski definition) is 12. The molecular formula is C39H62N5O9P. The Bertz CT molecular complexity index is 1560. The van der Waals surface area contributed by atoms with Crippen molar-refractivity contribution in [3.63, 3.8) is 0 Å². The summed E-state index contributed by atoms with van der Waals surface area (Å²) < 4.78 is 43.5. The van der Waals surface area contributed by atoms with Gasteiger partial charge in [-0.05, 0) is 24.1 Å². The zero-order valence-electron chi connectivity index (χ0n) is 32.0. The average molecular weight is 776 g/mol. The zero-order chi connectivity index (χ0) is 38.7. The molecule has 0 bridgehead atoms. The van der Waals surface area contributed by atoms with Gasteiger partial charge < -0.3 is 35.1 Å². The molecule has 3 aromatic rings. The fourth-order valence-electron chi connectivity index (χ4n) is 6.71. The van der Waals surface area contributed by atoms with Crippen molar-refractivity contribution in [1.82, 2.24) is 14.6 Å². The van der Waals surface area contributed by atoms with Crippen molar-refractivity contribution < 1.29 is 42.9 Å². The Morgan fingerprint density at radius 3 is 2.24 bits per heavy atom. The number of aromatic nitrogens is 3. The third-order valence-electron chi connectivity index (χ3n) is 9.77. The van der Waals surface area contributed by atoms with Crippen molar-refractivity contribution >= 4 is 25.4 Å². The average Bonchev–Trinajstić information content (AvgIpc) is 3.71. The molecule has 302 valence electrons.